The highest BCUT2D eigenvalue weighted by molar-refractivity contribution is 7.14. The van der Waals surface area contributed by atoms with Gasteiger partial charge < -0.3 is 14.4 Å². The van der Waals surface area contributed by atoms with E-state index in [4.69, 9.17) is 9.72 Å². The topological polar surface area (TPSA) is 89.0 Å². The summed E-state index contributed by atoms with van der Waals surface area (Å²) in [5.41, 5.74) is 5.25. The SMILES string of the molecule is CN(C(=O)C(CC(=O)OC(=O)C(F)(F)F)Cc1ccccc1)c1nc(-c2ccccc2-c2ccc(N3CCOCC3)cc2)cs1. The van der Waals surface area contributed by atoms with E-state index in [0.717, 1.165) is 35.5 Å². The molecule has 0 spiro atoms. The Bertz CT molecular complexity index is 1640. The maximum Gasteiger partial charge on any atom is 0.491 e. The maximum absolute atomic E-state index is 13.6. The highest BCUT2D eigenvalue weighted by Crippen LogP contribution is 2.36. The van der Waals surface area contributed by atoms with Crippen molar-refractivity contribution in [3.63, 3.8) is 0 Å². The summed E-state index contributed by atoms with van der Waals surface area (Å²) < 4.78 is 47.4. The summed E-state index contributed by atoms with van der Waals surface area (Å²) in [7, 11) is 1.49. The van der Waals surface area contributed by atoms with Crippen molar-refractivity contribution < 1.29 is 37.0 Å². The molecule has 3 aromatic carbocycles. The third-order valence-electron chi connectivity index (χ3n) is 7.39. The monoisotopic (exact) mass is 637 g/mol. The number of esters is 2. The van der Waals surface area contributed by atoms with Gasteiger partial charge in [-0.2, -0.15) is 13.2 Å². The largest absolute Gasteiger partial charge is 0.491 e. The van der Waals surface area contributed by atoms with Gasteiger partial charge in [-0.25, -0.2) is 9.78 Å². The first-order valence-electron chi connectivity index (χ1n) is 14.2. The number of aromatic nitrogens is 1. The molecule has 0 bridgehead atoms. The Morgan fingerprint density at radius 2 is 1.60 bits per heavy atom. The number of morpholine rings is 1. The van der Waals surface area contributed by atoms with Crippen LogP contribution >= 0.6 is 11.3 Å². The zero-order valence-electron chi connectivity index (χ0n) is 24.3. The number of anilines is 2. The number of ether oxygens (including phenoxy) is 2. The van der Waals surface area contributed by atoms with Crippen LogP contribution in [0, 0.1) is 5.92 Å². The third kappa shape index (κ3) is 7.95. The Labute approximate surface area is 262 Å². The highest BCUT2D eigenvalue weighted by Gasteiger charge is 2.43. The number of thiazole rings is 1. The van der Waals surface area contributed by atoms with Gasteiger partial charge in [-0.3, -0.25) is 14.5 Å². The van der Waals surface area contributed by atoms with Gasteiger partial charge in [-0.1, -0.05) is 66.7 Å². The molecule has 1 unspecified atom stereocenters. The number of hydrogen-bond acceptors (Lipinski definition) is 8. The number of hydrogen-bond donors (Lipinski definition) is 0. The summed E-state index contributed by atoms with van der Waals surface area (Å²) >= 11 is 1.22. The van der Waals surface area contributed by atoms with Gasteiger partial charge >= 0.3 is 18.1 Å². The summed E-state index contributed by atoms with van der Waals surface area (Å²) in [5, 5.41) is 2.16. The quantitative estimate of drug-likeness (QED) is 0.161. The zero-order chi connectivity index (χ0) is 32.0. The van der Waals surface area contributed by atoms with E-state index < -0.39 is 36.4 Å². The summed E-state index contributed by atoms with van der Waals surface area (Å²) in [6.45, 7) is 3.07. The van der Waals surface area contributed by atoms with Crippen LogP contribution in [0.15, 0.2) is 84.2 Å². The second-order valence-corrected chi connectivity index (χ2v) is 11.3. The van der Waals surface area contributed by atoms with Crippen LogP contribution in [0.2, 0.25) is 0 Å². The van der Waals surface area contributed by atoms with Crippen molar-refractivity contribution in [1.82, 2.24) is 4.98 Å². The maximum atomic E-state index is 13.6. The molecule has 234 valence electrons. The molecule has 1 aromatic heterocycles. The number of amides is 1. The smallest absolute Gasteiger partial charge is 0.386 e. The Morgan fingerprint density at radius 3 is 2.27 bits per heavy atom. The Balaban J connectivity index is 1.35. The van der Waals surface area contributed by atoms with Crippen LogP contribution in [-0.4, -0.2) is 62.4 Å². The third-order valence-corrected chi connectivity index (χ3v) is 8.31. The standard InChI is InChI=1S/C33H30F3N3O5S/c1-38(30(41)24(19-22-7-3-2-4-8-22)20-29(40)44-31(42)33(34,35)36)32-37-28(21-45-32)27-10-6-5-9-26(27)23-11-13-25(14-12-23)39-15-17-43-18-16-39/h2-14,21,24H,15-20H2,1H3. The first-order chi connectivity index (χ1) is 21.6. The minimum absolute atomic E-state index is 0.0425. The van der Waals surface area contributed by atoms with E-state index in [0.29, 0.717) is 29.6 Å². The van der Waals surface area contributed by atoms with E-state index >= 15 is 0 Å². The lowest BCUT2D eigenvalue weighted by Crippen LogP contribution is -2.36. The summed E-state index contributed by atoms with van der Waals surface area (Å²) in [5.74, 6) is -5.71. The van der Waals surface area contributed by atoms with E-state index in [1.807, 2.05) is 29.6 Å². The van der Waals surface area contributed by atoms with Crippen molar-refractivity contribution >= 4 is 40.0 Å². The Morgan fingerprint density at radius 1 is 0.956 bits per heavy atom. The highest BCUT2D eigenvalue weighted by atomic mass is 32.1. The minimum atomic E-state index is -5.33. The van der Waals surface area contributed by atoms with Crippen molar-refractivity contribution in [1.29, 1.82) is 0 Å². The van der Waals surface area contributed by atoms with E-state index in [9.17, 15) is 27.6 Å². The van der Waals surface area contributed by atoms with Gasteiger partial charge in [0.15, 0.2) is 5.13 Å². The van der Waals surface area contributed by atoms with Gasteiger partial charge in [0.05, 0.1) is 31.2 Å². The number of alkyl halides is 3. The molecule has 1 atom stereocenters. The van der Waals surface area contributed by atoms with Gasteiger partial charge in [-0.05, 0) is 35.2 Å². The molecule has 1 aliphatic heterocycles. The van der Waals surface area contributed by atoms with Crippen LogP contribution in [0.4, 0.5) is 24.0 Å². The van der Waals surface area contributed by atoms with Gasteiger partial charge in [0.1, 0.15) is 0 Å². The van der Waals surface area contributed by atoms with Crippen LogP contribution in [0.5, 0.6) is 0 Å². The van der Waals surface area contributed by atoms with Crippen molar-refractivity contribution in [3.05, 3.63) is 89.8 Å². The second-order valence-electron chi connectivity index (χ2n) is 10.5. The first kappa shape index (κ1) is 31.9. The van der Waals surface area contributed by atoms with Gasteiger partial charge in [0.2, 0.25) is 5.91 Å². The molecule has 45 heavy (non-hydrogen) atoms. The lowest BCUT2D eigenvalue weighted by Gasteiger charge is -2.29. The van der Waals surface area contributed by atoms with E-state index in [2.05, 4.69) is 33.9 Å². The average molecular weight is 638 g/mol. The van der Waals surface area contributed by atoms with Crippen molar-refractivity contribution in [3.8, 4) is 22.4 Å². The van der Waals surface area contributed by atoms with Crippen LogP contribution < -0.4 is 9.80 Å². The molecule has 0 N–H and O–H groups in total. The van der Waals surface area contributed by atoms with E-state index in [1.165, 1.54) is 23.3 Å². The summed E-state index contributed by atoms with van der Waals surface area (Å²) in [6.07, 6.45) is -6.01. The number of nitrogens with zero attached hydrogens (tertiary/aromatic N) is 3. The first-order valence-corrected chi connectivity index (χ1v) is 15.1. The molecule has 4 aromatic rings. The lowest BCUT2D eigenvalue weighted by molar-refractivity contribution is -0.202. The normalized spacial score (nSPS) is 14.1. The van der Waals surface area contributed by atoms with Crippen LogP contribution in [0.1, 0.15) is 12.0 Å². The molecule has 2 heterocycles. The molecule has 12 heteroatoms. The van der Waals surface area contributed by atoms with Crippen LogP contribution in [0.25, 0.3) is 22.4 Å². The molecule has 0 radical (unpaired) electrons. The minimum Gasteiger partial charge on any atom is -0.386 e. The second kappa shape index (κ2) is 14.0. The van der Waals surface area contributed by atoms with Crippen LogP contribution in [0.3, 0.4) is 0 Å². The molecule has 0 aliphatic carbocycles. The molecule has 1 fully saturated rings. The molecule has 1 aliphatic rings. The van der Waals surface area contributed by atoms with Crippen molar-refractivity contribution in [2.24, 2.45) is 5.92 Å². The molecule has 0 saturated carbocycles. The zero-order valence-corrected chi connectivity index (χ0v) is 25.1. The van der Waals surface area contributed by atoms with Gasteiger partial charge in [-0.15, -0.1) is 11.3 Å². The number of rotatable bonds is 9. The average Bonchev–Trinajstić information content (AvgIpc) is 3.55. The predicted octanol–water partition coefficient (Wildman–Crippen LogP) is 6.16. The Hall–Kier alpha value is -4.55. The van der Waals surface area contributed by atoms with Gasteiger partial charge in [0.25, 0.3) is 0 Å². The van der Waals surface area contributed by atoms with Crippen molar-refractivity contribution in [2.45, 2.75) is 19.0 Å². The molecular formula is C33H30F3N3O5S. The molecule has 8 nitrogen and oxygen atoms in total. The summed E-state index contributed by atoms with van der Waals surface area (Å²) in [4.78, 5) is 45.4. The molecule has 1 saturated heterocycles. The number of carbonyl (C=O) groups is 3. The fourth-order valence-electron chi connectivity index (χ4n) is 5.09. The number of halogens is 3. The molecule has 5 rings (SSSR count). The fraction of sp³-hybridized carbons (Fsp3) is 0.273. The van der Waals surface area contributed by atoms with E-state index in [-0.39, 0.29) is 6.42 Å². The van der Waals surface area contributed by atoms with E-state index in [1.54, 1.807) is 30.3 Å². The number of benzene rings is 3. The van der Waals surface area contributed by atoms with Gasteiger partial charge in [0, 0.05) is 36.8 Å². The molecular weight excluding hydrogens is 607 g/mol. The summed E-state index contributed by atoms with van der Waals surface area (Å²) in [6, 6.07) is 24.8. The lowest BCUT2D eigenvalue weighted by atomic mass is 9.95. The van der Waals surface area contributed by atoms with Crippen molar-refractivity contribution in [2.75, 3.05) is 43.2 Å². The predicted molar refractivity (Wildman–Crippen MR) is 165 cm³/mol. The molecule has 1 amide bonds. The van der Waals surface area contributed by atoms with Crippen LogP contribution in [-0.2, 0) is 30.3 Å². The fourth-order valence-corrected chi connectivity index (χ4v) is 5.89. The Kier molecular flexibility index (Phi) is 9.94. The number of carbonyl (C=O) groups excluding carboxylic acids is 3.